The molecule has 0 aliphatic rings. The van der Waals surface area contributed by atoms with Gasteiger partial charge in [0.25, 0.3) is 0 Å². The molecule has 26 heavy (non-hydrogen) atoms. The van der Waals surface area contributed by atoms with E-state index in [1.165, 1.54) is 26.2 Å². The van der Waals surface area contributed by atoms with E-state index in [2.05, 4.69) is 4.98 Å². The lowest BCUT2D eigenvalue weighted by Crippen LogP contribution is -2.29. The van der Waals surface area contributed by atoms with Crippen LogP contribution in [0.25, 0.3) is 11.0 Å². The minimum atomic E-state index is -4.01. The first-order chi connectivity index (χ1) is 12.3. The number of nitriles is 1. The molecule has 132 valence electrons. The molecule has 3 rings (SSSR count). The first-order valence-corrected chi connectivity index (χ1v) is 9.19. The van der Waals surface area contributed by atoms with Crippen molar-refractivity contribution in [2.75, 3.05) is 14.1 Å². The maximum Gasteiger partial charge on any atom is 0.309 e. The van der Waals surface area contributed by atoms with Crippen molar-refractivity contribution in [3.05, 3.63) is 64.4 Å². The van der Waals surface area contributed by atoms with Crippen LogP contribution in [0.1, 0.15) is 21.7 Å². The summed E-state index contributed by atoms with van der Waals surface area (Å²) >= 11 is 6.22. The van der Waals surface area contributed by atoms with Crippen molar-refractivity contribution in [2.24, 2.45) is 0 Å². The number of imidazole rings is 1. The van der Waals surface area contributed by atoms with E-state index in [1.54, 1.807) is 36.4 Å². The highest BCUT2D eigenvalue weighted by Gasteiger charge is 2.26. The van der Waals surface area contributed by atoms with Gasteiger partial charge < -0.3 is 0 Å². The van der Waals surface area contributed by atoms with Crippen molar-refractivity contribution in [2.45, 2.75) is 0 Å². The summed E-state index contributed by atoms with van der Waals surface area (Å²) in [6.45, 7) is 0. The highest BCUT2D eigenvalue weighted by atomic mass is 35.5. The number of rotatable bonds is 4. The number of fused-ring (bicyclic) bond motifs is 1. The van der Waals surface area contributed by atoms with Gasteiger partial charge in [0.2, 0.25) is 5.82 Å². The molecule has 0 aliphatic heterocycles. The molecular weight excluding hydrogens is 376 g/mol. The van der Waals surface area contributed by atoms with Crippen molar-refractivity contribution >= 4 is 38.6 Å². The second kappa shape index (κ2) is 6.53. The Morgan fingerprint density at radius 1 is 1.23 bits per heavy atom. The Kier molecular flexibility index (Phi) is 4.54. The fourth-order valence-electron chi connectivity index (χ4n) is 2.46. The topological polar surface area (TPSA) is 96.1 Å². The van der Waals surface area contributed by atoms with Gasteiger partial charge in [0.15, 0.2) is 5.78 Å². The standard InChI is InChI=1S/C17H13ClN4O3S/c1-21(2)26(24,25)22-15-8-12(17(23)11-6-4-3-5-7-11)13(18)9-14(15)20-16(22)10-19/h3-9H,1-2H3. The van der Waals surface area contributed by atoms with Gasteiger partial charge in [-0.3, -0.25) is 4.79 Å². The number of nitrogens with zero attached hydrogens (tertiary/aromatic N) is 4. The molecule has 3 aromatic rings. The van der Waals surface area contributed by atoms with Gasteiger partial charge in [-0.2, -0.15) is 22.0 Å². The summed E-state index contributed by atoms with van der Waals surface area (Å²) in [7, 11) is -1.33. The van der Waals surface area contributed by atoms with Crippen LogP contribution in [0.2, 0.25) is 5.02 Å². The van der Waals surface area contributed by atoms with Gasteiger partial charge in [0, 0.05) is 25.2 Å². The predicted molar refractivity (Wildman–Crippen MR) is 97.3 cm³/mol. The quantitative estimate of drug-likeness (QED) is 0.639. The molecule has 0 saturated heterocycles. The van der Waals surface area contributed by atoms with Crippen LogP contribution >= 0.6 is 11.6 Å². The van der Waals surface area contributed by atoms with E-state index in [0.717, 1.165) is 8.28 Å². The molecular formula is C17H13ClN4O3S. The largest absolute Gasteiger partial charge is 0.309 e. The fraction of sp³-hybridized carbons (Fsp3) is 0.118. The predicted octanol–water partition coefficient (Wildman–Crippen LogP) is 2.45. The summed E-state index contributed by atoms with van der Waals surface area (Å²) in [6, 6.07) is 13.0. The molecule has 1 aromatic heterocycles. The molecule has 9 heteroatoms. The lowest BCUT2D eigenvalue weighted by Gasteiger charge is -2.13. The van der Waals surface area contributed by atoms with Crippen LogP contribution in [0, 0.1) is 11.3 Å². The molecule has 2 aromatic carbocycles. The summed E-state index contributed by atoms with van der Waals surface area (Å²) in [6.07, 6.45) is 0. The minimum absolute atomic E-state index is 0.110. The molecule has 0 spiro atoms. The van der Waals surface area contributed by atoms with Gasteiger partial charge in [-0.1, -0.05) is 41.9 Å². The van der Waals surface area contributed by atoms with Gasteiger partial charge in [-0.25, -0.2) is 4.98 Å². The van der Waals surface area contributed by atoms with E-state index in [4.69, 9.17) is 11.6 Å². The van der Waals surface area contributed by atoms with Crippen LogP contribution in [-0.4, -0.2) is 41.6 Å². The molecule has 0 radical (unpaired) electrons. The second-order valence-corrected chi connectivity index (χ2v) is 8.02. The van der Waals surface area contributed by atoms with Crippen LogP contribution in [0.15, 0.2) is 42.5 Å². The SMILES string of the molecule is CN(C)S(=O)(=O)n1c(C#N)nc2cc(Cl)c(C(=O)c3ccccc3)cc21. The Morgan fingerprint density at radius 3 is 2.46 bits per heavy atom. The van der Waals surface area contributed by atoms with Gasteiger partial charge in [-0.15, -0.1) is 0 Å². The summed E-state index contributed by atoms with van der Waals surface area (Å²) in [4.78, 5) is 16.8. The number of hydrogen-bond acceptors (Lipinski definition) is 5. The van der Waals surface area contributed by atoms with E-state index in [1.807, 2.05) is 0 Å². The van der Waals surface area contributed by atoms with Gasteiger partial charge in [0.1, 0.15) is 6.07 Å². The molecule has 0 N–H and O–H groups in total. The monoisotopic (exact) mass is 388 g/mol. The molecule has 0 bridgehead atoms. The third-order valence-electron chi connectivity index (χ3n) is 3.77. The maximum absolute atomic E-state index is 12.7. The Labute approximate surface area is 155 Å². The number of ketones is 1. The number of aromatic nitrogens is 2. The molecule has 7 nitrogen and oxygen atoms in total. The van der Waals surface area contributed by atoms with Crippen LogP contribution in [0.5, 0.6) is 0 Å². The second-order valence-electron chi connectivity index (χ2n) is 5.62. The Morgan fingerprint density at radius 2 is 1.88 bits per heavy atom. The Bertz CT molecular complexity index is 1160. The number of carbonyl (C=O) groups is 1. The normalized spacial score (nSPS) is 11.7. The number of benzene rings is 2. The van der Waals surface area contributed by atoms with E-state index in [9.17, 15) is 18.5 Å². The van der Waals surface area contributed by atoms with Gasteiger partial charge in [0.05, 0.1) is 16.1 Å². The van der Waals surface area contributed by atoms with Crippen molar-refractivity contribution in [1.29, 1.82) is 5.26 Å². The number of hydrogen-bond donors (Lipinski definition) is 0. The number of carbonyl (C=O) groups excluding carboxylic acids is 1. The Balaban J connectivity index is 2.31. The van der Waals surface area contributed by atoms with E-state index < -0.39 is 10.2 Å². The summed E-state index contributed by atoms with van der Waals surface area (Å²) < 4.78 is 27.0. The molecule has 0 amide bonds. The maximum atomic E-state index is 12.7. The Hall–Kier alpha value is -2.73. The number of halogens is 1. The molecule has 0 fully saturated rings. The third kappa shape index (κ3) is 2.86. The lowest BCUT2D eigenvalue weighted by molar-refractivity contribution is 0.103. The first-order valence-electron chi connectivity index (χ1n) is 7.42. The van der Waals surface area contributed by atoms with E-state index in [0.29, 0.717) is 5.56 Å². The van der Waals surface area contributed by atoms with Gasteiger partial charge >= 0.3 is 10.2 Å². The average molecular weight is 389 g/mol. The van der Waals surface area contributed by atoms with Gasteiger partial charge in [-0.05, 0) is 12.1 Å². The van der Waals surface area contributed by atoms with Crippen molar-refractivity contribution in [3.8, 4) is 6.07 Å². The average Bonchev–Trinajstić information content (AvgIpc) is 2.99. The first kappa shape index (κ1) is 18.1. The molecule has 0 atom stereocenters. The third-order valence-corrected chi connectivity index (χ3v) is 5.84. The van der Waals surface area contributed by atoms with Crippen LogP contribution < -0.4 is 0 Å². The van der Waals surface area contributed by atoms with E-state index in [-0.39, 0.29) is 33.2 Å². The summed E-state index contributed by atoms with van der Waals surface area (Å²) in [5, 5.41) is 9.40. The smallest absolute Gasteiger partial charge is 0.289 e. The van der Waals surface area contributed by atoms with Crippen LogP contribution in [0.3, 0.4) is 0 Å². The minimum Gasteiger partial charge on any atom is -0.289 e. The lowest BCUT2D eigenvalue weighted by atomic mass is 10.0. The van der Waals surface area contributed by atoms with Crippen molar-refractivity contribution in [1.82, 2.24) is 13.3 Å². The zero-order valence-electron chi connectivity index (χ0n) is 13.8. The zero-order valence-corrected chi connectivity index (χ0v) is 15.4. The fourth-order valence-corrected chi connectivity index (χ4v) is 3.73. The molecule has 0 saturated carbocycles. The molecule has 0 aliphatic carbocycles. The van der Waals surface area contributed by atoms with Crippen LogP contribution in [0.4, 0.5) is 0 Å². The summed E-state index contributed by atoms with van der Waals surface area (Å²) in [5.74, 6) is -0.667. The van der Waals surface area contributed by atoms with Crippen molar-refractivity contribution < 1.29 is 13.2 Å². The van der Waals surface area contributed by atoms with E-state index >= 15 is 0 Å². The highest BCUT2D eigenvalue weighted by Crippen LogP contribution is 2.28. The molecule has 1 heterocycles. The van der Waals surface area contributed by atoms with Crippen molar-refractivity contribution in [3.63, 3.8) is 0 Å². The molecule has 0 unspecified atom stereocenters. The van der Waals surface area contributed by atoms with Crippen LogP contribution in [-0.2, 0) is 10.2 Å². The summed E-state index contributed by atoms with van der Waals surface area (Å²) in [5.41, 5.74) is 0.862. The highest BCUT2D eigenvalue weighted by molar-refractivity contribution is 7.87. The zero-order chi connectivity index (χ0) is 19.1.